The Morgan fingerprint density at radius 3 is 2.59 bits per heavy atom. The smallest absolute Gasteiger partial charge is 0.322 e. The predicted octanol–water partition coefficient (Wildman–Crippen LogP) is 1.45. The van der Waals surface area contributed by atoms with E-state index in [4.69, 9.17) is 5.11 Å². The molecule has 0 amide bonds. The summed E-state index contributed by atoms with van der Waals surface area (Å²) in [5, 5.41) is 20.2. The molecule has 1 atom stereocenters. The van der Waals surface area contributed by atoms with Gasteiger partial charge in [0.1, 0.15) is 6.04 Å². The molecule has 8 nitrogen and oxygen atoms in total. The Balaban J connectivity index is 2.59. The Kier molecular flexibility index (Phi) is 4.21. The Hall–Kier alpha value is -2.00. The summed E-state index contributed by atoms with van der Waals surface area (Å²) >= 11 is 0. The summed E-state index contributed by atoms with van der Waals surface area (Å²) in [5.74, 6) is -1.21. The van der Waals surface area contributed by atoms with Crippen LogP contribution in [0.15, 0.2) is 17.0 Å². The van der Waals surface area contributed by atoms with Crippen molar-refractivity contribution in [2.45, 2.75) is 37.6 Å². The Morgan fingerprint density at radius 1 is 1.41 bits per heavy atom. The third-order valence-corrected chi connectivity index (χ3v) is 5.78. The van der Waals surface area contributed by atoms with Crippen LogP contribution in [-0.2, 0) is 14.8 Å². The van der Waals surface area contributed by atoms with Crippen molar-refractivity contribution in [1.29, 1.82) is 0 Å². The third-order valence-electron chi connectivity index (χ3n) is 3.75. The Labute approximate surface area is 127 Å². The van der Waals surface area contributed by atoms with Gasteiger partial charge in [0.2, 0.25) is 10.0 Å². The Morgan fingerprint density at radius 2 is 2.05 bits per heavy atom. The van der Waals surface area contributed by atoms with E-state index in [0.717, 1.165) is 4.31 Å². The summed E-state index contributed by atoms with van der Waals surface area (Å²) in [4.78, 5) is 21.4. The summed E-state index contributed by atoms with van der Waals surface area (Å²) in [6, 6.07) is 1.52. The summed E-state index contributed by atoms with van der Waals surface area (Å²) in [6.45, 7) is 3.01. The lowest BCUT2D eigenvalue weighted by molar-refractivity contribution is -0.385. The molecule has 0 aliphatic carbocycles. The molecule has 9 heteroatoms. The van der Waals surface area contributed by atoms with Crippen molar-refractivity contribution in [2.24, 2.45) is 0 Å². The lowest BCUT2D eigenvalue weighted by Crippen LogP contribution is -2.40. The van der Waals surface area contributed by atoms with Crippen LogP contribution in [0.1, 0.15) is 24.0 Å². The van der Waals surface area contributed by atoms with Gasteiger partial charge in [-0.1, -0.05) is 0 Å². The van der Waals surface area contributed by atoms with E-state index in [1.54, 1.807) is 6.92 Å². The highest BCUT2D eigenvalue weighted by atomic mass is 32.2. The molecule has 1 aliphatic rings. The molecule has 1 aromatic carbocycles. The summed E-state index contributed by atoms with van der Waals surface area (Å²) < 4.78 is 26.4. The zero-order chi connectivity index (χ0) is 16.7. The molecule has 1 saturated heterocycles. The fourth-order valence-corrected chi connectivity index (χ4v) is 4.64. The monoisotopic (exact) mass is 328 g/mol. The molecule has 1 fully saturated rings. The van der Waals surface area contributed by atoms with Crippen molar-refractivity contribution in [3.8, 4) is 0 Å². The van der Waals surface area contributed by atoms with Crippen LogP contribution in [0.25, 0.3) is 0 Å². The molecule has 0 radical (unpaired) electrons. The summed E-state index contributed by atoms with van der Waals surface area (Å²) in [5.41, 5.74) is 0.165. The van der Waals surface area contributed by atoms with Crippen molar-refractivity contribution in [2.75, 3.05) is 6.54 Å². The second-order valence-corrected chi connectivity index (χ2v) is 7.14. The number of nitrogens with zero attached hydrogens (tertiary/aromatic N) is 2. The van der Waals surface area contributed by atoms with Crippen molar-refractivity contribution < 1.29 is 23.2 Å². The maximum Gasteiger partial charge on any atom is 0.322 e. The van der Waals surface area contributed by atoms with Crippen LogP contribution in [-0.4, -0.2) is 41.3 Å². The van der Waals surface area contributed by atoms with Gasteiger partial charge in [-0.05, 0) is 38.3 Å². The maximum atomic E-state index is 12.7. The molecule has 1 heterocycles. The average molecular weight is 328 g/mol. The molecule has 22 heavy (non-hydrogen) atoms. The van der Waals surface area contributed by atoms with Crippen molar-refractivity contribution in [3.05, 3.63) is 33.4 Å². The fraction of sp³-hybridized carbons (Fsp3) is 0.462. The minimum absolute atomic E-state index is 0.0200. The van der Waals surface area contributed by atoms with E-state index in [1.807, 2.05) is 0 Å². The molecule has 0 aromatic heterocycles. The van der Waals surface area contributed by atoms with Crippen LogP contribution in [0.3, 0.4) is 0 Å². The summed E-state index contributed by atoms with van der Waals surface area (Å²) in [7, 11) is -4.09. The number of carbonyl (C=O) groups is 1. The van der Waals surface area contributed by atoms with Gasteiger partial charge in [0.15, 0.2) is 0 Å². The number of hydrogen-bond acceptors (Lipinski definition) is 5. The topological polar surface area (TPSA) is 118 Å². The minimum atomic E-state index is -4.09. The Bertz CT molecular complexity index is 743. The number of nitro benzene ring substituents is 1. The number of carboxylic acid groups (broad SMARTS) is 1. The highest BCUT2D eigenvalue weighted by Gasteiger charge is 2.40. The number of carboxylic acids is 1. The molecular weight excluding hydrogens is 312 g/mol. The summed E-state index contributed by atoms with van der Waals surface area (Å²) in [6.07, 6.45) is 0.685. The number of sulfonamides is 1. The SMILES string of the molecule is Cc1cc([N+](=O)[O-])c(C)c(S(=O)(=O)N2CCCC2C(=O)O)c1. The van der Waals surface area contributed by atoms with E-state index in [2.05, 4.69) is 0 Å². The van der Waals surface area contributed by atoms with E-state index in [9.17, 15) is 23.3 Å². The predicted molar refractivity (Wildman–Crippen MR) is 77.1 cm³/mol. The lowest BCUT2D eigenvalue weighted by Gasteiger charge is -2.22. The van der Waals surface area contributed by atoms with Crippen molar-refractivity contribution in [3.63, 3.8) is 0 Å². The maximum absolute atomic E-state index is 12.7. The molecule has 0 spiro atoms. The number of nitro groups is 1. The third kappa shape index (κ3) is 2.69. The van der Waals surface area contributed by atoms with E-state index in [-0.39, 0.29) is 29.1 Å². The van der Waals surface area contributed by atoms with Gasteiger partial charge in [-0.25, -0.2) is 8.42 Å². The standard InChI is InChI=1S/C13H16N2O6S/c1-8-6-11(15(18)19)9(2)12(7-8)22(20,21)14-5-3-4-10(14)13(16)17/h6-7,10H,3-5H2,1-2H3,(H,16,17). The van der Waals surface area contributed by atoms with Crippen LogP contribution in [0.2, 0.25) is 0 Å². The van der Waals surface area contributed by atoms with Crippen molar-refractivity contribution >= 4 is 21.7 Å². The number of benzene rings is 1. The lowest BCUT2D eigenvalue weighted by atomic mass is 10.1. The normalized spacial score (nSPS) is 19.3. The van der Waals surface area contributed by atoms with Crippen LogP contribution >= 0.6 is 0 Å². The van der Waals surface area contributed by atoms with E-state index < -0.39 is 27.0 Å². The highest BCUT2D eigenvalue weighted by molar-refractivity contribution is 7.89. The second-order valence-electron chi connectivity index (χ2n) is 5.28. The molecule has 120 valence electrons. The highest BCUT2D eigenvalue weighted by Crippen LogP contribution is 2.32. The molecule has 2 rings (SSSR count). The van der Waals surface area contributed by atoms with Gasteiger partial charge in [-0.2, -0.15) is 4.31 Å². The molecule has 0 saturated carbocycles. The largest absolute Gasteiger partial charge is 0.480 e. The quantitative estimate of drug-likeness (QED) is 0.660. The van der Waals surface area contributed by atoms with Crippen LogP contribution in [0.5, 0.6) is 0 Å². The number of aryl methyl sites for hydroxylation is 1. The molecule has 1 unspecified atom stereocenters. The van der Waals surface area contributed by atoms with Crippen LogP contribution < -0.4 is 0 Å². The van der Waals surface area contributed by atoms with Crippen LogP contribution in [0, 0.1) is 24.0 Å². The van der Waals surface area contributed by atoms with Gasteiger partial charge >= 0.3 is 5.97 Å². The van der Waals surface area contributed by atoms with E-state index >= 15 is 0 Å². The number of hydrogen-bond donors (Lipinski definition) is 1. The van der Waals surface area contributed by atoms with Gasteiger partial charge in [0.05, 0.1) is 9.82 Å². The molecule has 1 aliphatic heterocycles. The molecule has 0 bridgehead atoms. The average Bonchev–Trinajstić information content (AvgIpc) is 2.90. The first-order chi connectivity index (χ1) is 10.2. The first-order valence-corrected chi connectivity index (χ1v) is 8.10. The van der Waals surface area contributed by atoms with Gasteiger partial charge in [-0.3, -0.25) is 14.9 Å². The van der Waals surface area contributed by atoms with Crippen molar-refractivity contribution in [1.82, 2.24) is 4.31 Å². The zero-order valence-corrected chi connectivity index (χ0v) is 13.0. The molecule has 1 N–H and O–H groups in total. The zero-order valence-electron chi connectivity index (χ0n) is 12.1. The fourth-order valence-electron chi connectivity index (χ4n) is 2.67. The van der Waals surface area contributed by atoms with Gasteiger partial charge in [0.25, 0.3) is 5.69 Å². The molecular formula is C13H16N2O6S. The number of rotatable bonds is 4. The molecule has 1 aromatic rings. The van der Waals surface area contributed by atoms with Gasteiger partial charge in [-0.15, -0.1) is 0 Å². The van der Waals surface area contributed by atoms with E-state index in [0.29, 0.717) is 12.0 Å². The minimum Gasteiger partial charge on any atom is -0.480 e. The number of aliphatic carboxylic acids is 1. The first-order valence-electron chi connectivity index (χ1n) is 6.66. The second kappa shape index (κ2) is 5.65. The van der Waals surface area contributed by atoms with E-state index in [1.165, 1.54) is 19.1 Å². The van der Waals surface area contributed by atoms with Gasteiger partial charge in [0, 0.05) is 18.2 Å². The van der Waals surface area contributed by atoms with Gasteiger partial charge < -0.3 is 5.11 Å². The first kappa shape index (κ1) is 16.4. The van der Waals surface area contributed by atoms with Crippen LogP contribution in [0.4, 0.5) is 5.69 Å².